The fourth-order valence-corrected chi connectivity index (χ4v) is 4.54. The molecule has 24 heavy (non-hydrogen) atoms. The van der Waals surface area contributed by atoms with E-state index in [2.05, 4.69) is 4.98 Å². The number of esters is 1. The van der Waals surface area contributed by atoms with E-state index in [0.717, 1.165) is 9.24 Å². The van der Waals surface area contributed by atoms with Crippen molar-refractivity contribution in [3.8, 4) is 0 Å². The van der Waals surface area contributed by atoms with E-state index in [4.69, 9.17) is 4.74 Å². The number of nitrogens with zero attached hydrogens (tertiary/aromatic N) is 2. The first kappa shape index (κ1) is 16.7. The van der Waals surface area contributed by atoms with E-state index < -0.39 is 5.97 Å². The smallest absolute Gasteiger partial charge is 0.355 e. The first-order valence-electron chi connectivity index (χ1n) is 7.41. The molecule has 0 N–H and O–H groups in total. The van der Waals surface area contributed by atoms with Crippen LogP contribution in [0.3, 0.4) is 0 Å². The van der Waals surface area contributed by atoms with Crippen molar-refractivity contribution in [1.29, 1.82) is 0 Å². The molecule has 0 aliphatic carbocycles. The van der Waals surface area contributed by atoms with Gasteiger partial charge in [0, 0.05) is 11.9 Å². The van der Waals surface area contributed by atoms with Crippen molar-refractivity contribution in [2.45, 2.75) is 23.1 Å². The minimum atomic E-state index is -0.500. The van der Waals surface area contributed by atoms with Crippen LogP contribution in [0.4, 0.5) is 0 Å². The summed E-state index contributed by atoms with van der Waals surface area (Å²) in [5.41, 5.74) is 2.43. The first-order valence-corrected chi connectivity index (χ1v) is 9.04. The van der Waals surface area contributed by atoms with Crippen LogP contribution in [0, 0.1) is 6.92 Å². The van der Waals surface area contributed by atoms with E-state index in [1.54, 1.807) is 30.3 Å². The Bertz CT molecular complexity index is 910. The van der Waals surface area contributed by atoms with Gasteiger partial charge >= 0.3 is 5.97 Å². The quantitative estimate of drug-likeness (QED) is 0.507. The third-order valence-corrected chi connectivity index (χ3v) is 5.70. The number of aldehydes is 1. The van der Waals surface area contributed by atoms with E-state index in [-0.39, 0.29) is 12.3 Å². The Kier molecular flexibility index (Phi) is 4.73. The van der Waals surface area contributed by atoms with Gasteiger partial charge in [-0.25, -0.2) is 9.78 Å². The number of thiazole rings is 1. The Morgan fingerprint density at radius 2 is 2.08 bits per heavy atom. The second kappa shape index (κ2) is 6.78. The summed E-state index contributed by atoms with van der Waals surface area (Å²) >= 11 is 2.95. The molecule has 2 aromatic heterocycles. The van der Waals surface area contributed by atoms with Gasteiger partial charge in [0.1, 0.15) is 5.69 Å². The molecule has 0 saturated carbocycles. The standard InChI is InChI=1S/C17H16N2O3S2/c1-4-22-16(21)13-12(9-20)14-15(19(13)3)18-17(24-14)23-11-7-5-10(2)6-8-11/h5-9H,4H2,1-3H3. The van der Waals surface area contributed by atoms with E-state index in [0.29, 0.717) is 22.2 Å². The molecule has 3 aromatic rings. The van der Waals surface area contributed by atoms with E-state index in [1.807, 2.05) is 31.2 Å². The number of fused-ring (bicyclic) bond motifs is 1. The lowest BCUT2D eigenvalue weighted by Gasteiger charge is -2.04. The van der Waals surface area contributed by atoms with Crippen LogP contribution in [0.1, 0.15) is 33.3 Å². The zero-order valence-corrected chi connectivity index (χ0v) is 15.2. The number of carbonyl (C=O) groups excluding carboxylic acids is 2. The maximum atomic E-state index is 12.1. The lowest BCUT2D eigenvalue weighted by Crippen LogP contribution is -2.12. The third kappa shape index (κ3) is 2.97. The molecule has 5 nitrogen and oxygen atoms in total. The van der Waals surface area contributed by atoms with Gasteiger partial charge in [-0.05, 0) is 26.0 Å². The number of rotatable bonds is 5. The number of aryl methyl sites for hydroxylation is 2. The Balaban J connectivity index is 2.01. The largest absolute Gasteiger partial charge is 0.461 e. The number of aromatic nitrogens is 2. The highest BCUT2D eigenvalue weighted by molar-refractivity contribution is 8.01. The summed E-state index contributed by atoms with van der Waals surface area (Å²) in [5, 5.41) is 0. The van der Waals surface area contributed by atoms with Crippen LogP contribution in [0.2, 0.25) is 0 Å². The third-order valence-electron chi connectivity index (χ3n) is 3.56. The molecular weight excluding hydrogens is 344 g/mol. The average Bonchev–Trinajstić information content (AvgIpc) is 3.07. The van der Waals surface area contributed by atoms with Crippen LogP contribution >= 0.6 is 23.1 Å². The molecule has 0 aliphatic heterocycles. The molecular formula is C17H16N2O3S2. The maximum absolute atomic E-state index is 12.1. The normalized spacial score (nSPS) is 11.0. The summed E-state index contributed by atoms with van der Waals surface area (Å²) in [7, 11) is 1.72. The van der Waals surface area contributed by atoms with Crippen LogP contribution in [0.5, 0.6) is 0 Å². The van der Waals surface area contributed by atoms with Gasteiger partial charge in [0.25, 0.3) is 0 Å². The predicted octanol–water partition coefficient (Wildman–Crippen LogP) is 4.08. The predicted molar refractivity (Wildman–Crippen MR) is 95.2 cm³/mol. The molecule has 0 atom stereocenters. The Labute approximate surface area is 147 Å². The SMILES string of the molecule is CCOC(=O)c1c(C=O)c2sc(Sc3ccc(C)cc3)nc2n1C. The zero-order chi connectivity index (χ0) is 17.3. The Hall–Kier alpha value is -2.12. The van der Waals surface area contributed by atoms with Gasteiger partial charge in [-0.2, -0.15) is 0 Å². The fraction of sp³-hybridized carbons (Fsp3) is 0.235. The number of hydrogen-bond donors (Lipinski definition) is 0. The topological polar surface area (TPSA) is 61.2 Å². The van der Waals surface area contributed by atoms with Crippen LogP contribution in [-0.4, -0.2) is 28.4 Å². The van der Waals surface area contributed by atoms with Crippen molar-refractivity contribution >= 4 is 45.7 Å². The second-order valence-electron chi connectivity index (χ2n) is 5.21. The molecule has 0 amide bonds. The second-order valence-corrected chi connectivity index (χ2v) is 7.53. The Morgan fingerprint density at radius 1 is 1.38 bits per heavy atom. The van der Waals surface area contributed by atoms with Gasteiger partial charge in [0.2, 0.25) is 0 Å². The van der Waals surface area contributed by atoms with Gasteiger partial charge in [-0.1, -0.05) is 29.5 Å². The molecule has 0 bridgehead atoms. The molecule has 0 aliphatic rings. The summed E-state index contributed by atoms with van der Waals surface area (Å²) in [6.45, 7) is 4.04. The summed E-state index contributed by atoms with van der Waals surface area (Å²) < 4.78 is 8.22. The van der Waals surface area contributed by atoms with E-state index >= 15 is 0 Å². The van der Waals surface area contributed by atoms with Crippen LogP contribution in [0.25, 0.3) is 10.3 Å². The molecule has 2 heterocycles. The summed E-state index contributed by atoms with van der Waals surface area (Å²) in [6.07, 6.45) is 0.701. The fourth-order valence-electron chi connectivity index (χ4n) is 2.40. The average molecular weight is 360 g/mol. The minimum Gasteiger partial charge on any atom is -0.461 e. The molecule has 124 valence electrons. The summed E-state index contributed by atoms with van der Waals surface area (Å²) in [6, 6.07) is 8.17. The van der Waals surface area contributed by atoms with Crippen LogP contribution in [0.15, 0.2) is 33.5 Å². The molecule has 7 heteroatoms. The molecule has 0 spiro atoms. The summed E-state index contributed by atoms with van der Waals surface area (Å²) in [5.74, 6) is -0.500. The van der Waals surface area contributed by atoms with Crippen molar-refractivity contribution in [2.75, 3.05) is 6.61 Å². The molecule has 0 fully saturated rings. The minimum absolute atomic E-state index is 0.257. The van der Waals surface area contributed by atoms with Crippen molar-refractivity contribution in [3.05, 3.63) is 41.1 Å². The number of benzene rings is 1. The summed E-state index contributed by atoms with van der Waals surface area (Å²) in [4.78, 5) is 29.3. The van der Waals surface area contributed by atoms with Gasteiger partial charge in [0.05, 0.1) is 16.9 Å². The highest BCUT2D eigenvalue weighted by Crippen LogP contribution is 2.37. The zero-order valence-electron chi connectivity index (χ0n) is 13.5. The van der Waals surface area contributed by atoms with Gasteiger partial charge in [-0.15, -0.1) is 11.3 Å². The van der Waals surface area contributed by atoms with E-state index in [1.165, 1.54) is 16.9 Å². The Morgan fingerprint density at radius 3 is 2.71 bits per heavy atom. The monoisotopic (exact) mass is 360 g/mol. The lowest BCUT2D eigenvalue weighted by molar-refractivity contribution is 0.0513. The van der Waals surface area contributed by atoms with Crippen molar-refractivity contribution in [1.82, 2.24) is 9.55 Å². The molecule has 0 radical (unpaired) electrons. The maximum Gasteiger partial charge on any atom is 0.355 e. The number of ether oxygens (including phenoxy) is 1. The molecule has 1 aromatic carbocycles. The van der Waals surface area contributed by atoms with Crippen molar-refractivity contribution in [3.63, 3.8) is 0 Å². The van der Waals surface area contributed by atoms with Gasteiger partial charge in [-0.3, -0.25) is 4.79 Å². The van der Waals surface area contributed by atoms with Crippen LogP contribution < -0.4 is 0 Å². The van der Waals surface area contributed by atoms with Crippen LogP contribution in [-0.2, 0) is 11.8 Å². The van der Waals surface area contributed by atoms with Crippen molar-refractivity contribution in [2.24, 2.45) is 7.05 Å². The van der Waals surface area contributed by atoms with Gasteiger partial charge < -0.3 is 9.30 Å². The highest BCUT2D eigenvalue weighted by atomic mass is 32.2. The first-order chi connectivity index (χ1) is 11.5. The number of carbonyl (C=O) groups is 2. The lowest BCUT2D eigenvalue weighted by atomic mass is 10.2. The van der Waals surface area contributed by atoms with Crippen molar-refractivity contribution < 1.29 is 14.3 Å². The van der Waals surface area contributed by atoms with E-state index in [9.17, 15) is 9.59 Å². The molecule has 0 saturated heterocycles. The number of hydrogen-bond acceptors (Lipinski definition) is 6. The molecule has 0 unspecified atom stereocenters. The highest BCUT2D eigenvalue weighted by Gasteiger charge is 2.25. The van der Waals surface area contributed by atoms with Gasteiger partial charge in [0.15, 0.2) is 16.3 Å². The molecule has 3 rings (SSSR count).